The average Bonchev–Trinajstić information content (AvgIpc) is 2.34. The van der Waals surface area contributed by atoms with Crippen molar-refractivity contribution in [1.82, 2.24) is 9.88 Å². The van der Waals surface area contributed by atoms with Gasteiger partial charge >= 0.3 is 0 Å². The van der Waals surface area contributed by atoms with E-state index in [0.717, 1.165) is 42.9 Å². The van der Waals surface area contributed by atoms with E-state index in [2.05, 4.69) is 23.7 Å². The Kier molecular flexibility index (Phi) is 4.23. The van der Waals surface area contributed by atoms with Gasteiger partial charge in [0.25, 0.3) is 0 Å². The van der Waals surface area contributed by atoms with E-state index < -0.39 is 0 Å². The van der Waals surface area contributed by atoms with E-state index >= 15 is 0 Å². The molecule has 0 aromatic carbocycles. The Morgan fingerprint density at radius 2 is 2.00 bits per heavy atom. The fraction of sp³-hybridized carbons (Fsp3) is 0.667. The molecule has 2 heterocycles. The van der Waals surface area contributed by atoms with Gasteiger partial charge in [0, 0.05) is 12.2 Å². The Balaban J connectivity index is 1.93. The minimum absolute atomic E-state index is 0.326. The maximum atomic E-state index is 9.82. The molecule has 1 aromatic rings. The molecular weight excluding hydrogens is 224 g/mol. The minimum Gasteiger partial charge on any atom is -0.506 e. The molecular formula is C15H24N2O. The smallest absolute Gasteiger partial charge is 0.138 e. The van der Waals surface area contributed by atoms with Crippen LogP contribution in [-0.4, -0.2) is 28.1 Å². The fourth-order valence-electron chi connectivity index (χ4n) is 2.71. The molecule has 0 unspecified atom stereocenters. The first-order chi connectivity index (χ1) is 8.56. The van der Waals surface area contributed by atoms with E-state index in [1.165, 1.54) is 12.8 Å². The average molecular weight is 248 g/mol. The number of likely N-dealkylation sites (tertiary alicyclic amines) is 1. The zero-order valence-electron chi connectivity index (χ0n) is 11.7. The van der Waals surface area contributed by atoms with E-state index in [1.54, 1.807) is 6.07 Å². The molecule has 1 N–H and O–H groups in total. The van der Waals surface area contributed by atoms with Gasteiger partial charge in [-0.05, 0) is 56.8 Å². The third-order valence-corrected chi connectivity index (χ3v) is 4.04. The summed E-state index contributed by atoms with van der Waals surface area (Å²) in [6.45, 7) is 9.62. The summed E-state index contributed by atoms with van der Waals surface area (Å²) in [6, 6.07) is 3.60. The maximum Gasteiger partial charge on any atom is 0.138 e. The van der Waals surface area contributed by atoms with Gasteiger partial charge in [0.05, 0.1) is 5.69 Å². The monoisotopic (exact) mass is 248 g/mol. The van der Waals surface area contributed by atoms with Gasteiger partial charge in [-0.15, -0.1) is 0 Å². The lowest BCUT2D eigenvalue weighted by Gasteiger charge is -2.33. The molecule has 0 atom stereocenters. The second-order valence-corrected chi connectivity index (χ2v) is 5.78. The molecule has 1 aliphatic rings. The van der Waals surface area contributed by atoms with Gasteiger partial charge in [-0.2, -0.15) is 0 Å². The number of hydrogen-bond acceptors (Lipinski definition) is 3. The Hall–Kier alpha value is -1.09. The highest BCUT2D eigenvalue weighted by molar-refractivity contribution is 5.27. The van der Waals surface area contributed by atoms with Crippen molar-refractivity contribution in [2.24, 2.45) is 11.8 Å². The van der Waals surface area contributed by atoms with Crippen molar-refractivity contribution in [3.05, 3.63) is 23.5 Å². The predicted molar refractivity (Wildman–Crippen MR) is 73.5 cm³/mol. The first kappa shape index (κ1) is 13.3. The molecule has 1 aliphatic heterocycles. The SMILES string of the molecule is Cc1ccc(O)c(CN2CCC(C(C)C)CC2)n1. The molecule has 3 nitrogen and oxygen atoms in total. The third-order valence-electron chi connectivity index (χ3n) is 4.04. The van der Waals surface area contributed by atoms with E-state index in [9.17, 15) is 5.11 Å². The molecule has 100 valence electrons. The van der Waals surface area contributed by atoms with Crippen LogP contribution in [0.25, 0.3) is 0 Å². The van der Waals surface area contributed by atoms with Crippen LogP contribution in [-0.2, 0) is 6.54 Å². The third kappa shape index (κ3) is 3.22. The summed E-state index contributed by atoms with van der Waals surface area (Å²) in [4.78, 5) is 6.83. The van der Waals surface area contributed by atoms with Crippen LogP contribution in [0.4, 0.5) is 0 Å². The molecule has 0 bridgehead atoms. The maximum absolute atomic E-state index is 9.82. The molecule has 0 radical (unpaired) electrons. The summed E-state index contributed by atoms with van der Waals surface area (Å²) >= 11 is 0. The number of aromatic hydroxyl groups is 1. The van der Waals surface area contributed by atoms with Crippen LogP contribution in [0.1, 0.15) is 38.1 Å². The van der Waals surface area contributed by atoms with Crippen LogP contribution in [0.3, 0.4) is 0 Å². The first-order valence-electron chi connectivity index (χ1n) is 6.94. The lowest BCUT2D eigenvalue weighted by atomic mass is 9.87. The van der Waals surface area contributed by atoms with Crippen molar-refractivity contribution < 1.29 is 5.11 Å². The van der Waals surface area contributed by atoms with Crippen molar-refractivity contribution >= 4 is 0 Å². The number of nitrogens with zero attached hydrogens (tertiary/aromatic N) is 2. The number of piperidine rings is 1. The van der Waals surface area contributed by atoms with Crippen molar-refractivity contribution in [1.29, 1.82) is 0 Å². The highest BCUT2D eigenvalue weighted by Crippen LogP contribution is 2.26. The number of aromatic nitrogens is 1. The quantitative estimate of drug-likeness (QED) is 0.893. The molecule has 1 aromatic heterocycles. The normalized spacial score (nSPS) is 18.4. The minimum atomic E-state index is 0.326. The Labute approximate surface area is 110 Å². The summed E-state index contributed by atoms with van der Waals surface area (Å²) in [7, 11) is 0. The lowest BCUT2D eigenvalue weighted by molar-refractivity contribution is 0.149. The van der Waals surface area contributed by atoms with Gasteiger partial charge in [-0.1, -0.05) is 13.8 Å². The molecule has 1 saturated heterocycles. The topological polar surface area (TPSA) is 36.4 Å². The Morgan fingerprint density at radius 3 is 2.61 bits per heavy atom. The van der Waals surface area contributed by atoms with Crippen LogP contribution in [0.5, 0.6) is 5.75 Å². The van der Waals surface area contributed by atoms with Crippen LogP contribution in [0.15, 0.2) is 12.1 Å². The van der Waals surface area contributed by atoms with Crippen molar-refractivity contribution in [3.8, 4) is 5.75 Å². The molecule has 0 saturated carbocycles. The van der Waals surface area contributed by atoms with Gasteiger partial charge in [-0.3, -0.25) is 9.88 Å². The fourth-order valence-corrected chi connectivity index (χ4v) is 2.71. The number of rotatable bonds is 3. The van der Waals surface area contributed by atoms with E-state index in [0.29, 0.717) is 5.75 Å². The second-order valence-electron chi connectivity index (χ2n) is 5.78. The second kappa shape index (κ2) is 5.70. The standard InChI is InChI=1S/C15H24N2O/c1-11(2)13-6-8-17(9-7-13)10-14-15(18)5-4-12(3)16-14/h4-5,11,13,18H,6-10H2,1-3H3. The molecule has 0 spiro atoms. The molecule has 3 heteroatoms. The van der Waals surface area contributed by atoms with Gasteiger partial charge < -0.3 is 5.11 Å². The Bertz CT molecular complexity index is 395. The molecule has 0 aliphatic carbocycles. The van der Waals surface area contributed by atoms with E-state index in [4.69, 9.17) is 0 Å². The molecule has 0 amide bonds. The summed E-state index contributed by atoms with van der Waals surface area (Å²) in [5.41, 5.74) is 1.79. The van der Waals surface area contributed by atoms with E-state index in [-0.39, 0.29) is 0 Å². The highest BCUT2D eigenvalue weighted by atomic mass is 16.3. The number of pyridine rings is 1. The summed E-state index contributed by atoms with van der Waals surface area (Å²) < 4.78 is 0. The van der Waals surface area contributed by atoms with Crippen LogP contribution in [0, 0.1) is 18.8 Å². The summed E-state index contributed by atoms with van der Waals surface area (Å²) in [5, 5.41) is 9.82. The van der Waals surface area contributed by atoms with Gasteiger partial charge in [0.1, 0.15) is 5.75 Å². The largest absolute Gasteiger partial charge is 0.506 e. The van der Waals surface area contributed by atoms with Gasteiger partial charge in [0.2, 0.25) is 0 Å². The van der Waals surface area contributed by atoms with Crippen molar-refractivity contribution in [2.45, 2.75) is 40.2 Å². The van der Waals surface area contributed by atoms with Crippen LogP contribution >= 0.6 is 0 Å². The Morgan fingerprint density at radius 1 is 1.33 bits per heavy atom. The van der Waals surface area contributed by atoms with Crippen molar-refractivity contribution in [3.63, 3.8) is 0 Å². The van der Waals surface area contributed by atoms with Crippen molar-refractivity contribution in [2.75, 3.05) is 13.1 Å². The number of hydrogen-bond donors (Lipinski definition) is 1. The predicted octanol–water partition coefficient (Wildman–Crippen LogP) is 2.96. The molecule has 1 fully saturated rings. The zero-order chi connectivity index (χ0) is 13.1. The summed E-state index contributed by atoms with van der Waals surface area (Å²) in [6.07, 6.45) is 2.54. The van der Waals surface area contributed by atoms with Crippen LogP contribution < -0.4 is 0 Å². The van der Waals surface area contributed by atoms with Crippen LogP contribution in [0.2, 0.25) is 0 Å². The lowest BCUT2D eigenvalue weighted by Crippen LogP contribution is -2.35. The van der Waals surface area contributed by atoms with E-state index in [1.807, 2.05) is 13.0 Å². The highest BCUT2D eigenvalue weighted by Gasteiger charge is 2.22. The molecule has 18 heavy (non-hydrogen) atoms. The first-order valence-corrected chi connectivity index (χ1v) is 6.94. The molecule has 2 rings (SSSR count). The van der Waals surface area contributed by atoms with Gasteiger partial charge in [-0.25, -0.2) is 0 Å². The zero-order valence-corrected chi connectivity index (χ0v) is 11.7. The van der Waals surface area contributed by atoms with Gasteiger partial charge in [0.15, 0.2) is 0 Å². The number of aryl methyl sites for hydroxylation is 1. The summed E-state index contributed by atoms with van der Waals surface area (Å²) in [5.74, 6) is 1.98.